The summed E-state index contributed by atoms with van der Waals surface area (Å²) in [6.07, 6.45) is 1.64. The molecule has 1 heterocycles. The average molecular weight is 409 g/mol. The van der Waals surface area contributed by atoms with Gasteiger partial charge in [-0.25, -0.2) is 0 Å². The van der Waals surface area contributed by atoms with E-state index >= 15 is 0 Å². The largest absolute Gasteiger partial charge is 0.478 e. The van der Waals surface area contributed by atoms with E-state index in [4.69, 9.17) is 27.9 Å². The fraction of sp³-hybridized carbons (Fsp3) is 0.250. The molecule has 1 atom stereocenters. The monoisotopic (exact) mass is 408 g/mol. The van der Waals surface area contributed by atoms with Crippen LogP contribution in [-0.4, -0.2) is 21.8 Å². The van der Waals surface area contributed by atoms with Crippen molar-refractivity contribution in [2.24, 2.45) is 0 Å². The van der Waals surface area contributed by atoms with Gasteiger partial charge in [0.05, 0.1) is 16.4 Å². The van der Waals surface area contributed by atoms with Gasteiger partial charge < -0.3 is 4.74 Å². The molecule has 6 heteroatoms. The molecule has 1 aliphatic heterocycles. The van der Waals surface area contributed by atoms with Gasteiger partial charge in [0, 0.05) is 26.8 Å². The van der Waals surface area contributed by atoms with Gasteiger partial charge in [-0.15, -0.1) is 0 Å². The summed E-state index contributed by atoms with van der Waals surface area (Å²) in [5.41, 5.74) is 1.71. The number of hydrogen-bond donors (Lipinski definition) is 0. The Morgan fingerprint density at radius 2 is 1.62 bits per heavy atom. The Morgan fingerprint density at radius 1 is 1.00 bits per heavy atom. The third-order valence-corrected chi connectivity index (χ3v) is 5.77. The van der Waals surface area contributed by atoms with Crippen LogP contribution in [0.4, 0.5) is 0 Å². The molecule has 1 unspecified atom stereocenters. The molecule has 0 radical (unpaired) electrons. The lowest BCUT2D eigenvalue weighted by molar-refractivity contribution is -0.125. The first-order valence-electron chi connectivity index (χ1n) is 7.99. The van der Waals surface area contributed by atoms with Gasteiger partial charge in [-0.05, 0) is 62.2 Å². The quantitative estimate of drug-likeness (QED) is 0.692. The molecule has 2 aromatic rings. The molecule has 0 aromatic heterocycles. The molecule has 0 saturated carbocycles. The summed E-state index contributed by atoms with van der Waals surface area (Å²) >= 11 is 12.3. The summed E-state index contributed by atoms with van der Waals surface area (Å²) in [5.74, 6) is 0.349. The van der Waals surface area contributed by atoms with Crippen molar-refractivity contribution in [3.8, 4) is 0 Å². The van der Waals surface area contributed by atoms with E-state index in [1.807, 2.05) is 19.1 Å². The van der Waals surface area contributed by atoms with Crippen molar-refractivity contribution in [1.82, 2.24) is 0 Å². The molecule has 3 nitrogen and oxygen atoms in total. The van der Waals surface area contributed by atoms with Crippen LogP contribution in [0.15, 0.2) is 41.3 Å². The van der Waals surface area contributed by atoms with Crippen molar-refractivity contribution in [2.45, 2.75) is 31.3 Å². The van der Waals surface area contributed by atoms with Crippen LogP contribution >= 0.6 is 23.2 Å². The molecular formula is C20H18Cl2O3S. The van der Waals surface area contributed by atoms with Crippen LogP contribution in [0.1, 0.15) is 30.5 Å². The smallest absolute Gasteiger partial charge is 0.210 e. The fourth-order valence-electron chi connectivity index (χ4n) is 3.03. The van der Waals surface area contributed by atoms with Crippen molar-refractivity contribution in [2.75, 3.05) is 6.26 Å². The van der Waals surface area contributed by atoms with Crippen molar-refractivity contribution < 1.29 is 13.7 Å². The van der Waals surface area contributed by atoms with Crippen LogP contribution in [0.2, 0.25) is 10.0 Å². The Labute approximate surface area is 165 Å². The normalized spacial score (nSPS) is 17.4. The first-order chi connectivity index (χ1) is 12.1. The molecule has 0 fully saturated rings. The Bertz CT molecular complexity index is 957. The number of carbonyl (C=O) groups excluding carboxylic acids is 1. The van der Waals surface area contributed by atoms with Gasteiger partial charge in [0.2, 0.25) is 5.78 Å². The highest BCUT2D eigenvalue weighted by molar-refractivity contribution is 7.84. The molecule has 136 valence electrons. The van der Waals surface area contributed by atoms with E-state index in [9.17, 15) is 9.00 Å². The highest BCUT2D eigenvalue weighted by atomic mass is 35.5. The Hall–Kier alpha value is -1.62. The zero-order chi connectivity index (χ0) is 19.2. The molecule has 1 aliphatic rings. The van der Waals surface area contributed by atoms with Gasteiger partial charge in [-0.2, -0.15) is 0 Å². The van der Waals surface area contributed by atoms with Crippen LogP contribution in [0.3, 0.4) is 0 Å². The third kappa shape index (κ3) is 3.46. The van der Waals surface area contributed by atoms with Crippen LogP contribution in [0, 0.1) is 6.92 Å². The van der Waals surface area contributed by atoms with E-state index < -0.39 is 16.4 Å². The second-order valence-electron chi connectivity index (χ2n) is 6.74. The average Bonchev–Trinajstić information content (AvgIpc) is 2.76. The van der Waals surface area contributed by atoms with Gasteiger partial charge in [0.1, 0.15) is 5.76 Å². The highest BCUT2D eigenvalue weighted by Gasteiger charge is 2.43. The molecule has 0 amide bonds. The van der Waals surface area contributed by atoms with Crippen LogP contribution in [0.5, 0.6) is 0 Å². The number of carbonyl (C=O) groups is 1. The summed E-state index contributed by atoms with van der Waals surface area (Å²) in [7, 11) is -1.08. The van der Waals surface area contributed by atoms with Gasteiger partial charge in [0.25, 0.3) is 0 Å². The summed E-state index contributed by atoms with van der Waals surface area (Å²) in [6, 6.07) is 10.5. The predicted octanol–water partition coefficient (Wildman–Crippen LogP) is 5.29. The van der Waals surface area contributed by atoms with E-state index in [1.165, 1.54) is 0 Å². The second kappa shape index (κ2) is 6.84. The van der Waals surface area contributed by atoms with E-state index in [0.29, 0.717) is 26.9 Å². The van der Waals surface area contributed by atoms with E-state index in [1.54, 1.807) is 44.4 Å². The SMILES string of the molecule is Cc1cc(C2=C(c3cc(Cl)cc(Cl)c3)C(=O)C(C)(C)O2)ccc1S(C)=O. The minimum atomic E-state index is -1.08. The minimum Gasteiger partial charge on any atom is -0.478 e. The molecule has 0 saturated heterocycles. The highest BCUT2D eigenvalue weighted by Crippen LogP contribution is 2.42. The number of aryl methyl sites for hydroxylation is 1. The number of benzene rings is 2. The van der Waals surface area contributed by atoms with Crippen LogP contribution in [-0.2, 0) is 20.3 Å². The van der Waals surface area contributed by atoms with Gasteiger partial charge in [-0.3, -0.25) is 9.00 Å². The van der Waals surface area contributed by atoms with Crippen LogP contribution < -0.4 is 0 Å². The Kier molecular flexibility index (Phi) is 5.04. The third-order valence-electron chi connectivity index (χ3n) is 4.26. The van der Waals surface area contributed by atoms with Crippen LogP contribution in [0.25, 0.3) is 11.3 Å². The number of Topliss-reactive ketones (excluding diaryl/α,β-unsaturated/α-hetero) is 1. The summed E-state index contributed by atoms with van der Waals surface area (Å²) < 4.78 is 17.8. The second-order valence-corrected chi connectivity index (χ2v) is 8.96. The zero-order valence-electron chi connectivity index (χ0n) is 14.9. The topological polar surface area (TPSA) is 43.4 Å². The number of hydrogen-bond acceptors (Lipinski definition) is 3. The molecule has 0 bridgehead atoms. The molecule has 2 aromatic carbocycles. The lowest BCUT2D eigenvalue weighted by atomic mass is 9.92. The van der Waals surface area contributed by atoms with E-state index in [2.05, 4.69) is 0 Å². The van der Waals surface area contributed by atoms with Crippen molar-refractivity contribution in [3.63, 3.8) is 0 Å². The molecule has 26 heavy (non-hydrogen) atoms. The molecule has 3 rings (SSSR count). The first kappa shape index (κ1) is 19.2. The molecule has 0 aliphatic carbocycles. The standard InChI is InChI=1S/C20H18Cl2O3S/c1-11-7-12(5-6-16(11)26(4)24)18-17(19(23)20(2,3)25-18)13-8-14(21)10-15(22)9-13/h5-10H,1-4H3. The Balaban J connectivity index is 2.23. The summed E-state index contributed by atoms with van der Waals surface area (Å²) in [5, 5.41) is 0.898. The lowest BCUT2D eigenvalue weighted by Crippen LogP contribution is -2.29. The molecular weight excluding hydrogens is 391 g/mol. The minimum absolute atomic E-state index is 0.133. The summed E-state index contributed by atoms with van der Waals surface area (Å²) in [6.45, 7) is 5.35. The summed E-state index contributed by atoms with van der Waals surface area (Å²) in [4.78, 5) is 13.7. The molecule has 0 N–H and O–H groups in total. The first-order valence-corrected chi connectivity index (χ1v) is 10.3. The number of rotatable bonds is 3. The van der Waals surface area contributed by atoms with Crippen molar-refractivity contribution in [3.05, 3.63) is 63.1 Å². The zero-order valence-corrected chi connectivity index (χ0v) is 17.2. The lowest BCUT2D eigenvalue weighted by Gasteiger charge is -2.18. The van der Waals surface area contributed by atoms with E-state index in [0.717, 1.165) is 16.0 Å². The number of ether oxygens (including phenoxy) is 1. The maximum atomic E-state index is 13.0. The van der Waals surface area contributed by atoms with Crippen molar-refractivity contribution in [1.29, 1.82) is 0 Å². The van der Waals surface area contributed by atoms with Crippen molar-refractivity contribution >= 4 is 51.1 Å². The number of halogens is 2. The van der Waals surface area contributed by atoms with Gasteiger partial charge in [-0.1, -0.05) is 29.3 Å². The maximum absolute atomic E-state index is 13.0. The maximum Gasteiger partial charge on any atom is 0.210 e. The molecule has 0 spiro atoms. The number of ketones is 1. The fourth-order valence-corrected chi connectivity index (χ4v) is 4.33. The Morgan fingerprint density at radius 3 is 2.15 bits per heavy atom. The predicted molar refractivity (Wildman–Crippen MR) is 107 cm³/mol. The van der Waals surface area contributed by atoms with Gasteiger partial charge >= 0.3 is 0 Å². The van der Waals surface area contributed by atoms with E-state index in [-0.39, 0.29) is 5.78 Å². The van der Waals surface area contributed by atoms with Gasteiger partial charge in [0.15, 0.2) is 5.60 Å².